The number of benzene rings is 1. The number of nitrogens with zero attached hydrogens (tertiary/aromatic N) is 1. The third-order valence-corrected chi connectivity index (χ3v) is 4.19. The van der Waals surface area contributed by atoms with Crippen molar-refractivity contribution in [1.82, 2.24) is 4.90 Å². The predicted octanol–water partition coefficient (Wildman–Crippen LogP) is 5.00. The van der Waals surface area contributed by atoms with Crippen LogP contribution in [-0.2, 0) is 4.74 Å². The molecular weight excluding hydrogens is 342 g/mol. The van der Waals surface area contributed by atoms with Gasteiger partial charge in [0.25, 0.3) is 0 Å². The van der Waals surface area contributed by atoms with Crippen LogP contribution in [0.15, 0.2) is 12.1 Å². The average Bonchev–Trinajstić information content (AvgIpc) is 2.57. The van der Waals surface area contributed by atoms with Crippen molar-refractivity contribution in [1.29, 1.82) is 0 Å². The van der Waals surface area contributed by atoms with Crippen LogP contribution in [0.1, 0.15) is 69.3 Å². The van der Waals surface area contributed by atoms with Gasteiger partial charge in [0.05, 0.1) is 5.02 Å². The molecule has 1 aromatic rings. The lowest BCUT2D eigenvalue weighted by Crippen LogP contribution is -2.41. The summed E-state index contributed by atoms with van der Waals surface area (Å²) < 4.78 is 5.37. The summed E-state index contributed by atoms with van der Waals surface area (Å²) in [6.07, 6.45) is 1.74. The monoisotopic (exact) mass is 369 g/mol. The molecule has 0 aromatic heterocycles. The van der Waals surface area contributed by atoms with E-state index in [0.717, 1.165) is 5.56 Å². The molecule has 2 rings (SSSR count). The maximum atomic E-state index is 12.1. The third-order valence-electron chi connectivity index (χ3n) is 3.86. The van der Waals surface area contributed by atoms with Crippen molar-refractivity contribution in [3.63, 3.8) is 0 Å². The number of aromatic hydroxyl groups is 1. The topological polar surface area (TPSA) is 66.8 Å². The maximum Gasteiger partial charge on any atom is 0.410 e. The zero-order valence-corrected chi connectivity index (χ0v) is 16.4. The molecule has 0 atom stereocenters. The summed E-state index contributed by atoms with van der Waals surface area (Å²) in [6, 6.07) is 3.04. The first-order valence-electron chi connectivity index (χ1n) is 8.67. The number of amides is 1. The van der Waals surface area contributed by atoms with Crippen LogP contribution in [0.4, 0.5) is 4.79 Å². The molecule has 0 spiro atoms. The predicted molar refractivity (Wildman–Crippen MR) is 99.6 cm³/mol. The van der Waals surface area contributed by atoms with Crippen LogP contribution in [0.25, 0.3) is 0 Å². The Labute approximate surface area is 154 Å². The molecule has 1 amide bonds. The first kappa shape index (κ1) is 21.3. The van der Waals surface area contributed by atoms with Gasteiger partial charge in [-0.2, -0.15) is 0 Å². The van der Waals surface area contributed by atoms with Crippen molar-refractivity contribution in [3.8, 4) is 5.75 Å². The van der Waals surface area contributed by atoms with E-state index in [4.69, 9.17) is 16.3 Å². The number of phenols is 1. The highest BCUT2D eigenvalue weighted by molar-refractivity contribution is 6.33. The van der Waals surface area contributed by atoms with E-state index in [2.05, 4.69) is 0 Å². The highest BCUT2D eigenvalue weighted by Gasteiger charge is 2.28. The quantitative estimate of drug-likeness (QED) is 0.745. The normalized spacial score (nSPS) is 15.2. The fraction of sp³-hybridized carbons (Fsp3) is 0.579. The Morgan fingerprint density at radius 1 is 1.28 bits per heavy atom. The molecule has 1 heterocycles. The van der Waals surface area contributed by atoms with Gasteiger partial charge in [-0.1, -0.05) is 25.4 Å². The Kier molecular flexibility index (Phi) is 7.74. The number of halogens is 1. The SMILES string of the molecule is CC.CC(C)(C)OC(=O)N1CCC(c2cc(Cl)c(C=O)cc2O)CC1. The molecule has 25 heavy (non-hydrogen) atoms. The number of likely N-dealkylation sites (tertiary alicyclic amines) is 1. The summed E-state index contributed by atoms with van der Waals surface area (Å²) in [4.78, 5) is 24.6. The molecule has 0 radical (unpaired) electrons. The molecule has 0 aliphatic carbocycles. The van der Waals surface area contributed by atoms with Crippen LogP contribution in [-0.4, -0.2) is 41.1 Å². The lowest BCUT2D eigenvalue weighted by Gasteiger charge is -2.33. The second-order valence-corrected chi connectivity index (χ2v) is 7.20. The standard InChI is InChI=1S/C17H22ClNO4.C2H6/c1-17(2,3)23-16(22)19-6-4-11(5-7-19)13-9-14(18)12(10-20)8-15(13)21;1-2/h8-11,21H,4-7H2,1-3H3;1-2H3. The van der Waals surface area contributed by atoms with E-state index in [-0.39, 0.29) is 23.3 Å². The van der Waals surface area contributed by atoms with E-state index < -0.39 is 5.60 Å². The third kappa shape index (κ3) is 5.92. The second-order valence-electron chi connectivity index (χ2n) is 6.79. The van der Waals surface area contributed by atoms with Gasteiger partial charge in [-0.25, -0.2) is 4.79 Å². The number of aldehydes is 1. The molecule has 1 N–H and O–H groups in total. The van der Waals surface area contributed by atoms with Gasteiger partial charge in [0.2, 0.25) is 0 Å². The largest absolute Gasteiger partial charge is 0.508 e. The van der Waals surface area contributed by atoms with Gasteiger partial charge in [-0.15, -0.1) is 0 Å². The summed E-state index contributed by atoms with van der Waals surface area (Å²) in [6.45, 7) is 10.6. The van der Waals surface area contributed by atoms with Crippen molar-refractivity contribution in [2.75, 3.05) is 13.1 Å². The smallest absolute Gasteiger partial charge is 0.410 e. The van der Waals surface area contributed by atoms with E-state index in [9.17, 15) is 14.7 Å². The van der Waals surface area contributed by atoms with Gasteiger partial charge in [-0.05, 0) is 57.2 Å². The van der Waals surface area contributed by atoms with Crippen LogP contribution in [0, 0.1) is 0 Å². The minimum absolute atomic E-state index is 0.0761. The lowest BCUT2D eigenvalue weighted by atomic mass is 9.88. The van der Waals surface area contributed by atoms with Crippen LogP contribution in [0.3, 0.4) is 0 Å². The van der Waals surface area contributed by atoms with Crippen LogP contribution >= 0.6 is 11.6 Å². The van der Waals surface area contributed by atoms with E-state index in [1.165, 1.54) is 6.07 Å². The molecule has 140 valence electrons. The number of hydrogen-bond donors (Lipinski definition) is 1. The second kappa shape index (κ2) is 9.09. The minimum Gasteiger partial charge on any atom is -0.508 e. The highest BCUT2D eigenvalue weighted by atomic mass is 35.5. The van der Waals surface area contributed by atoms with Crippen molar-refractivity contribution in [3.05, 3.63) is 28.3 Å². The van der Waals surface area contributed by atoms with E-state index in [1.54, 1.807) is 11.0 Å². The minimum atomic E-state index is -0.510. The summed E-state index contributed by atoms with van der Waals surface area (Å²) in [5, 5.41) is 10.4. The lowest BCUT2D eigenvalue weighted by molar-refractivity contribution is 0.0204. The van der Waals surface area contributed by atoms with Gasteiger partial charge in [0, 0.05) is 18.7 Å². The summed E-state index contributed by atoms with van der Waals surface area (Å²) in [5.74, 6) is 0.180. The molecule has 5 nitrogen and oxygen atoms in total. The van der Waals surface area contributed by atoms with Gasteiger partial charge in [-0.3, -0.25) is 4.79 Å². The fourth-order valence-electron chi connectivity index (χ4n) is 2.71. The molecule has 1 saturated heterocycles. The molecule has 1 aliphatic heterocycles. The number of piperidine rings is 1. The molecule has 1 aromatic carbocycles. The van der Waals surface area contributed by atoms with Gasteiger partial charge < -0.3 is 14.7 Å². The van der Waals surface area contributed by atoms with Crippen LogP contribution < -0.4 is 0 Å². The zero-order valence-electron chi connectivity index (χ0n) is 15.6. The fourth-order valence-corrected chi connectivity index (χ4v) is 2.93. The Balaban J connectivity index is 0.00000151. The number of carbonyl (C=O) groups is 2. The van der Waals surface area contributed by atoms with Crippen molar-refractivity contribution in [2.24, 2.45) is 0 Å². The first-order chi connectivity index (χ1) is 11.7. The Morgan fingerprint density at radius 2 is 1.84 bits per heavy atom. The molecular formula is C19H28ClNO4. The van der Waals surface area contributed by atoms with Crippen molar-refractivity contribution < 1.29 is 19.4 Å². The van der Waals surface area contributed by atoms with E-state index in [0.29, 0.717) is 37.2 Å². The Morgan fingerprint density at radius 3 is 2.32 bits per heavy atom. The Bertz CT molecular complexity index is 602. The highest BCUT2D eigenvalue weighted by Crippen LogP contribution is 2.36. The van der Waals surface area contributed by atoms with Gasteiger partial charge in [0.15, 0.2) is 6.29 Å². The Hall–Kier alpha value is -1.75. The summed E-state index contributed by atoms with van der Waals surface area (Å²) in [7, 11) is 0. The van der Waals surface area contributed by atoms with Crippen LogP contribution in [0.2, 0.25) is 5.02 Å². The number of ether oxygens (including phenoxy) is 1. The zero-order chi connectivity index (χ0) is 19.2. The summed E-state index contributed by atoms with van der Waals surface area (Å²) >= 11 is 6.05. The van der Waals surface area contributed by atoms with Gasteiger partial charge in [0.1, 0.15) is 11.4 Å². The molecule has 6 heteroatoms. The molecule has 0 unspecified atom stereocenters. The number of hydrogen-bond acceptors (Lipinski definition) is 4. The number of carbonyl (C=O) groups excluding carboxylic acids is 2. The number of rotatable bonds is 2. The molecule has 0 bridgehead atoms. The van der Waals surface area contributed by atoms with Crippen molar-refractivity contribution >= 4 is 24.0 Å². The van der Waals surface area contributed by atoms with E-state index >= 15 is 0 Å². The van der Waals surface area contributed by atoms with Gasteiger partial charge >= 0.3 is 6.09 Å². The number of phenolic OH excluding ortho intramolecular Hbond substituents is 1. The van der Waals surface area contributed by atoms with Crippen LogP contribution in [0.5, 0.6) is 5.75 Å². The first-order valence-corrected chi connectivity index (χ1v) is 9.04. The average molecular weight is 370 g/mol. The van der Waals surface area contributed by atoms with Crippen molar-refractivity contribution in [2.45, 2.75) is 59.0 Å². The molecule has 0 saturated carbocycles. The summed E-state index contributed by atoms with van der Waals surface area (Å²) in [5.41, 5.74) is 0.494. The molecule has 1 aliphatic rings. The van der Waals surface area contributed by atoms with E-state index in [1.807, 2.05) is 34.6 Å². The maximum absolute atomic E-state index is 12.1. The molecule has 1 fully saturated rings.